The molecule has 0 radical (unpaired) electrons. The summed E-state index contributed by atoms with van der Waals surface area (Å²) in [5, 5.41) is 10.7. The second-order valence-corrected chi connectivity index (χ2v) is 10.2. The van der Waals surface area contributed by atoms with Gasteiger partial charge in [-0.15, -0.1) is 5.10 Å². The molecule has 2 atom stereocenters. The third-order valence-corrected chi connectivity index (χ3v) is 6.88. The molecule has 3 aromatic rings. The van der Waals surface area contributed by atoms with Crippen molar-refractivity contribution in [1.29, 1.82) is 0 Å². The molecular formula is C26H26F3N7O4. The lowest BCUT2D eigenvalue weighted by atomic mass is 10.1. The number of nitrogens with one attached hydrogen (secondary N) is 1. The molecule has 1 N–H and O–H groups in total. The summed E-state index contributed by atoms with van der Waals surface area (Å²) in [5.41, 5.74) is 0.390. The molecule has 1 aromatic carbocycles. The van der Waals surface area contributed by atoms with Crippen LogP contribution in [-0.2, 0) is 15.7 Å². The topological polar surface area (TPSA) is 115 Å². The fourth-order valence-corrected chi connectivity index (χ4v) is 5.04. The minimum Gasteiger partial charge on any atom is -0.474 e. The number of rotatable bonds is 5. The van der Waals surface area contributed by atoms with E-state index in [2.05, 4.69) is 30.4 Å². The van der Waals surface area contributed by atoms with Gasteiger partial charge in [-0.25, -0.2) is 14.8 Å². The maximum atomic E-state index is 13.6. The normalized spacial score (nSPS) is 21.3. The number of urea groups is 1. The fraction of sp³-hybridized carbons (Fsp3) is 0.423. The Morgan fingerprint density at radius 1 is 1.25 bits per heavy atom. The van der Waals surface area contributed by atoms with Gasteiger partial charge >= 0.3 is 12.2 Å². The van der Waals surface area contributed by atoms with E-state index in [0.717, 1.165) is 12.1 Å². The van der Waals surface area contributed by atoms with Crippen LogP contribution in [-0.4, -0.2) is 70.4 Å². The van der Waals surface area contributed by atoms with E-state index in [1.807, 2.05) is 13.8 Å². The van der Waals surface area contributed by atoms with Crippen LogP contribution in [0.1, 0.15) is 25.8 Å². The van der Waals surface area contributed by atoms with Crippen LogP contribution in [0.25, 0.3) is 11.4 Å². The summed E-state index contributed by atoms with van der Waals surface area (Å²) >= 11 is 0. The number of carbonyl (C=O) groups excluding carboxylic acids is 1. The molecule has 3 aliphatic rings. The first-order valence-corrected chi connectivity index (χ1v) is 12.7. The highest BCUT2D eigenvalue weighted by Crippen LogP contribution is 2.40. The smallest absolute Gasteiger partial charge is 0.416 e. The van der Waals surface area contributed by atoms with E-state index in [4.69, 9.17) is 14.2 Å². The minimum atomic E-state index is -4.50. The van der Waals surface area contributed by atoms with Crippen molar-refractivity contribution in [2.45, 2.75) is 44.4 Å². The summed E-state index contributed by atoms with van der Waals surface area (Å²) in [7, 11) is 0. The summed E-state index contributed by atoms with van der Waals surface area (Å²) in [6.45, 7) is 5.51. The van der Waals surface area contributed by atoms with Gasteiger partial charge in [-0.2, -0.15) is 18.3 Å². The van der Waals surface area contributed by atoms with Crippen LogP contribution >= 0.6 is 0 Å². The van der Waals surface area contributed by atoms with Gasteiger partial charge in [-0.05, 0) is 32.4 Å². The lowest BCUT2D eigenvalue weighted by molar-refractivity contribution is -0.141. The molecule has 14 heteroatoms. The number of aromatic nitrogens is 4. The highest BCUT2D eigenvalue weighted by molar-refractivity contribution is 6.04. The summed E-state index contributed by atoms with van der Waals surface area (Å²) in [6, 6.07) is 5.71. The monoisotopic (exact) mass is 557 g/mol. The van der Waals surface area contributed by atoms with E-state index in [1.54, 1.807) is 12.3 Å². The molecule has 0 spiro atoms. The molecule has 5 heterocycles. The molecule has 210 valence electrons. The fourth-order valence-electron chi connectivity index (χ4n) is 5.04. The number of halogens is 3. The number of alkyl halides is 3. The third kappa shape index (κ3) is 5.23. The number of fused-ring (bicyclic) bond motifs is 4. The Morgan fingerprint density at radius 2 is 2.10 bits per heavy atom. The molecule has 0 aliphatic carbocycles. The van der Waals surface area contributed by atoms with Crippen molar-refractivity contribution in [3.05, 3.63) is 48.3 Å². The predicted octanol–water partition coefficient (Wildman–Crippen LogP) is 4.11. The van der Waals surface area contributed by atoms with E-state index in [9.17, 15) is 18.0 Å². The van der Waals surface area contributed by atoms with Gasteiger partial charge in [-0.3, -0.25) is 4.90 Å². The number of hydrogen-bond acceptors (Lipinski definition) is 9. The maximum Gasteiger partial charge on any atom is 0.416 e. The molecule has 2 aromatic heterocycles. The summed E-state index contributed by atoms with van der Waals surface area (Å²) in [4.78, 5) is 26.0. The molecule has 11 nitrogen and oxygen atoms in total. The van der Waals surface area contributed by atoms with E-state index >= 15 is 0 Å². The van der Waals surface area contributed by atoms with Crippen molar-refractivity contribution < 1.29 is 32.2 Å². The van der Waals surface area contributed by atoms with Crippen LogP contribution in [0.5, 0.6) is 5.88 Å². The Kier molecular flexibility index (Phi) is 6.45. The Hall–Kier alpha value is -4.04. The van der Waals surface area contributed by atoms with Gasteiger partial charge in [-0.1, -0.05) is 12.1 Å². The maximum absolute atomic E-state index is 13.6. The van der Waals surface area contributed by atoms with Crippen molar-refractivity contribution in [3.8, 4) is 17.3 Å². The molecule has 2 saturated heterocycles. The van der Waals surface area contributed by atoms with Gasteiger partial charge in [0.15, 0.2) is 17.4 Å². The van der Waals surface area contributed by atoms with Crippen LogP contribution in [0.15, 0.2) is 42.7 Å². The number of amides is 2. The Balaban J connectivity index is 1.22. The molecular weight excluding hydrogens is 531 g/mol. The lowest BCUT2D eigenvalue weighted by Gasteiger charge is -2.35. The zero-order chi connectivity index (χ0) is 28.1. The molecule has 2 fully saturated rings. The zero-order valence-electron chi connectivity index (χ0n) is 21.7. The Morgan fingerprint density at radius 3 is 2.88 bits per heavy atom. The van der Waals surface area contributed by atoms with Gasteiger partial charge in [0.05, 0.1) is 42.0 Å². The number of nitrogens with zero attached hydrogens (tertiary/aromatic N) is 6. The predicted molar refractivity (Wildman–Crippen MR) is 137 cm³/mol. The Bertz CT molecular complexity index is 1440. The molecule has 40 heavy (non-hydrogen) atoms. The molecule has 2 bridgehead atoms. The van der Waals surface area contributed by atoms with Crippen molar-refractivity contribution in [2.75, 3.05) is 41.4 Å². The van der Waals surface area contributed by atoms with Crippen molar-refractivity contribution >= 4 is 23.2 Å². The highest BCUT2D eigenvalue weighted by atomic mass is 19.4. The number of carbonyl (C=O) groups is 1. The van der Waals surface area contributed by atoms with Crippen LogP contribution < -0.4 is 19.9 Å². The molecule has 2 amide bonds. The first kappa shape index (κ1) is 26.2. The SMILES string of the molecule is CC1(C)OCC(COc2cc(NC(=O)N3c4nc(-c5cccc(C(F)(F)F)c5)ncc4N4CC[C@H]3C4)cnn2)O1. The van der Waals surface area contributed by atoms with Gasteiger partial charge in [0.1, 0.15) is 12.7 Å². The standard InChI is InChI=1S/C26H26F3N7O4/c1-25(2)39-14-19(40-25)13-38-21-9-17(10-31-34-21)32-24(37)36-18-6-7-35(12-18)20-11-30-22(33-23(20)36)15-4-3-5-16(8-15)26(27,28)29/h3-5,8-11,18-19H,6-7,12-14H2,1-2H3,(H,32,34,37)/t18-,19?/m0/s1. The van der Waals surface area contributed by atoms with E-state index in [-0.39, 0.29) is 36.0 Å². The van der Waals surface area contributed by atoms with E-state index in [1.165, 1.54) is 23.2 Å². The van der Waals surface area contributed by atoms with E-state index < -0.39 is 23.6 Å². The molecule has 3 aliphatic heterocycles. The average molecular weight is 558 g/mol. The first-order chi connectivity index (χ1) is 19.1. The summed E-state index contributed by atoms with van der Waals surface area (Å²) in [5.74, 6) is -0.0622. The summed E-state index contributed by atoms with van der Waals surface area (Å²) < 4.78 is 56.8. The highest BCUT2D eigenvalue weighted by Gasteiger charge is 2.41. The van der Waals surface area contributed by atoms with Crippen molar-refractivity contribution in [1.82, 2.24) is 20.2 Å². The van der Waals surface area contributed by atoms with Crippen LogP contribution in [0.2, 0.25) is 0 Å². The number of anilines is 3. The summed E-state index contributed by atoms with van der Waals surface area (Å²) in [6.07, 6.45) is -1.13. The minimum absolute atomic E-state index is 0.0905. The van der Waals surface area contributed by atoms with Crippen LogP contribution in [0.4, 0.5) is 35.2 Å². The quantitative estimate of drug-likeness (QED) is 0.495. The van der Waals surface area contributed by atoms with Crippen LogP contribution in [0, 0.1) is 0 Å². The molecule has 6 rings (SSSR count). The van der Waals surface area contributed by atoms with Crippen LogP contribution in [0.3, 0.4) is 0 Å². The van der Waals surface area contributed by atoms with E-state index in [0.29, 0.717) is 43.3 Å². The zero-order valence-corrected chi connectivity index (χ0v) is 21.7. The lowest BCUT2D eigenvalue weighted by Crippen LogP contribution is -2.48. The van der Waals surface area contributed by atoms with Gasteiger partial charge < -0.3 is 24.4 Å². The van der Waals surface area contributed by atoms with Gasteiger partial charge in [0.2, 0.25) is 5.88 Å². The second-order valence-electron chi connectivity index (χ2n) is 10.2. The second kappa shape index (κ2) is 9.86. The largest absolute Gasteiger partial charge is 0.474 e. The number of hydrogen-bond donors (Lipinski definition) is 1. The first-order valence-electron chi connectivity index (χ1n) is 12.7. The number of benzene rings is 1. The molecule has 1 unspecified atom stereocenters. The van der Waals surface area contributed by atoms with Gasteiger partial charge in [0, 0.05) is 24.7 Å². The third-order valence-electron chi connectivity index (χ3n) is 6.88. The molecule has 0 saturated carbocycles. The van der Waals surface area contributed by atoms with Crippen molar-refractivity contribution in [3.63, 3.8) is 0 Å². The van der Waals surface area contributed by atoms with Gasteiger partial charge in [0.25, 0.3) is 0 Å². The van der Waals surface area contributed by atoms with Crippen molar-refractivity contribution in [2.24, 2.45) is 0 Å². The number of ether oxygens (including phenoxy) is 3. The Labute approximate surface area is 227 Å². The average Bonchev–Trinajstić information content (AvgIpc) is 3.50.